The van der Waals surface area contributed by atoms with E-state index in [0.29, 0.717) is 24.3 Å². The zero-order valence-electron chi connectivity index (χ0n) is 9.60. The molecule has 2 aromatic carbocycles. The first kappa shape index (κ1) is 14.7. The first-order chi connectivity index (χ1) is 9.31. The lowest BCUT2D eigenvalue weighted by Crippen LogP contribution is -2.08. The fourth-order valence-electron chi connectivity index (χ4n) is 1.72. The topological polar surface area (TPSA) is 20.2 Å². The summed E-state index contributed by atoms with van der Waals surface area (Å²) in [5, 5.41) is 9.45. The Hall–Kier alpha value is -1.66. The summed E-state index contributed by atoms with van der Waals surface area (Å²) in [5.74, 6) is -6.52. The third kappa shape index (κ3) is 2.62. The molecule has 1 unspecified atom stereocenters. The van der Waals surface area contributed by atoms with Crippen molar-refractivity contribution in [3.05, 3.63) is 69.5 Å². The van der Waals surface area contributed by atoms with Gasteiger partial charge in [-0.05, 0) is 12.1 Å². The SMILES string of the molecule is OC(c1cc(F)c(F)cc1Cl)c1c(F)cc(F)cc1F. The highest BCUT2D eigenvalue weighted by atomic mass is 35.5. The molecule has 0 radical (unpaired) electrons. The van der Waals surface area contributed by atoms with Crippen molar-refractivity contribution in [2.24, 2.45) is 0 Å². The number of hydrogen-bond acceptors (Lipinski definition) is 1. The second kappa shape index (κ2) is 5.38. The summed E-state index contributed by atoms with van der Waals surface area (Å²) in [6.07, 6.45) is -2.00. The molecule has 0 aliphatic rings. The van der Waals surface area contributed by atoms with Gasteiger partial charge in [0.15, 0.2) is 11.6 Å². The van der Waals surface area contributed by atoms with Gasteiger partial charge in [0.1, 0.15) is 23.6 Å². The Morgan fingerprint density at radius 2 is 1.30 bits per heavy atom. The molecule has 2 rings (SSSR count). The molecule has 0 aliphatic carbocycles. The number of rotatable bonds is 2. The summed E-state index contributed by atoms with van der Waals surface area (Å²) in [4.78, 5) is 0. The molecule has 1 atom stereocenters. The third-order valence-electron chi connectivity index (χ3n) is 2.65. The maximum atomic E-state index is 13.5. The lowest BCUT2D eigenvalue weighted by Gasteiger charge is -2.15. The predicted octanol–water partition coefficient (Wildman–Crippen LogP) is 4.12. The van der Waals surface area contributed by atoms with Crippen LogP contribution in [0.15, 0.2) is 24.3 Å². The van der Waals surface area contributed by atoms with Gasteiger partial charge in [0, 0.05) is 22.7 Å². The van der Waals surface area contributed by atoms with E-state index in [9.17, 15) is 27.1 Å². The second-order valence-electron chi connectivity index (χ2n) is 3.97. The maximum Gasteiger partial charge on any atom is 0.160 e. The number of aliphatic hydroxyl groups excluding tert-OH is 1. The fraction of sp³-hybridized carbons (Fsp3) is 0.0769. The number of hydrogen-bond donors (Lipinski definition) is 1. The molecule has 0 aliphatic heterocycles. The molecule has 0 aromatic heterocycles. The molecule has 20 heavy (non-hydrogen) atoms. The van der Waals surface area contributed by atoms with Crippen LogP contribution in [-0.4, -0.2) is 5.11 Å². The van der Waals surface area contributed by atoms with Crippen molar-refractivity contribution in [3.8, 4) is 0 Å². The Balaban J connectivity index is 2.57. The van der Waals surface area contributed by atoms with Crippen LogP contribution in [0.3, 0.4) is 0 Å². The van der Waals surface area contributed by atoms with E-state index in [1.165, 1.54) is 0 Å². The molecule has 0 heterocycles. The molecule has 0 amide bonds. The molecule has 0 spiro atoms. The van der Waals surface area contributed by atoms with Crippen molar-refractivity contribution in [2.45, 2.75) is 6.10 Å². The normalized spacial score (nSPS) is 12.6. The van der Waals surface area contributed by atoms with Gasteiger partial charge in [-0.3, -0.25) is 0 Å². The van der Waals surface area contributed by atoms with Crippen LogP contribution in [0.2, 0.25) is 5.02 Å². The summed E-state index contributed by atoms with van der Waals surface area (Å²) in [6, 6.07) is 1.80. The van der Waals surface area contributed by atoms with Gasteiger partial charge in [-0.25, -0.2) is 22.0 Å². The van der Waals surface area contributed by atoms with Crippen molar-refractivity contribution in [2.75, 3.05) is 0 Å². The van der Waals surface area contributed by atoms with Crippen molar-refractivity contribution < 1.29 is 27.1 Å². The van der Waals surface area contributed by atoms with E-state index in [0.717, 1.165) is 0 Å². The van der Waals surface area contributed by atoms with Crippen LogP contribution in [0.5, 0.6) is 0 Å². The van der Waals surface area contributed by atoms with Crippen LogP contribution in [0.1, 0.15) is 17.2 Å². The van der Waals surface area contributed by atoms with Crippen molar-refractivity contribution >= 4 is 11.6 Å². The van der Waals surface area contributed by atoms with E-state index in [4.69, 9.17) is 11.6 Å². The van der Waals surface area contributed by atoms with Crippen LogP contribution in [0.25, 0.3) is 0 Å². The number of benzene rings is 2. The van der Waals surface area contributed by atoms with Gasteiger partial charge in [0.05, 0.1) is 5.56 Å². The van der Waals surface area contributed by atoms with E-state index in [1.807, 2.05) is 0 Å². The molecule has 106 valence electrons. The summed E-state index contributed by atoms with van der Waals surface area (Å²) in [5.41, 5.74) is -1.34. The molecule has 1 nitrogen and oxygen atoms in total. The third-order valence-corrected chi connectivity index (χ3v) is 2.98. The monoisotopic (exact) mass is 308 g/mol. The molecule has 2 aromatic rings. The number of aliphatic hydroxyl groups is 1. The maximum absolute atomic E-state index is 13.5. The van der Waals surface area contributed by atoms with E-state index in [-0.39, 0.29) is 0 Å². The molecular formula is C13H6ClF5O. The average Bonchev–Trinajstić information content (AvgIpc) is 2.32. The lowest BCUT2D eigenvalue weighted by atomic mass is 10.00. The second-order valence-corrected chi connectivity index (χ2v) is 4.38. The zero-order chi connectivity index (χ0) is 15.0. The highest BCUT2D eigenvalue weighted by Gasteiger charge is 2.24. The van der Waals surface area contributed by atoms with E-state index < -0.39 is 51.3 Å². The van der Waals surface area contributed by atoms with Gasteiger partial charge in [-0.15, -0.1) is 0 Å². The first-order valence-corrected chi connectivity index (χ1v) is 5.66. The molecular weight excluding hydrogens is 303 g/mol. The minimum atomic E-state index is -2.00. The largest absolute Gasteiger partial charge is 0.383 e. The predicted molar refractivity (Wildman–Crippen MR) is 61.7 cm³/mol. The lowest BCUT2D eigenvalue weighted by molar-refractivity contribution is 0.208. The van der Waals surface area contributed by atoms with Gasteiger partial charge in [0.25, 0.3) is 0 Å². The van der Waals surface area contributed by atoms with E-state index in [2.05, 4.69) is 0 Å². The summed E-state index contributed by atoms with van der Waals surface area (Å²) in [7, 11) is 0. The molecule has 7 heteroatoms. The highest BCUT2D eigenvalue weighted by Crippen LogP contribution is 2.33. The van der Waals surface area contributed by atoms with E-state index >= 15 is 0 Å². The van der Waals surface area contributed by atoms with Crippen molar-refractivity contribution in [1.29, 1.82) is 0 Å². The molecule has 0 saturated carbocycles. The molecule has 1 N–H and O–H groups in total. The zero-order valence-corrected chi connectivity index (χ0v) is 10.4. The molecule has 0 bridgehead atoms. The Bertz CT molecular complexity index is 651. The summed E-state index contributed by atoms with van der Waals surface area (Å²) < 4.78 is 65.8. The Labute approximate surface area is 115 Å². The van der Waals surface area contributed by atoms with Crippen LogP contribution in [0, 0.1) is 29.1 Å². The average molecular weight is 309 g/mol. The number of halogens is 6. The smallest absolute Gasteiger partial charge is 0.160 e. The van der Waals surface area contributed by atoms with Gasteiger partial charge >= 0.3 is 0 Å². The van der Waals surface area contributed by atoms with Gasteiger partial charge in [0.2, 0.25) is 0 Å². The Kier molecular flexibility index (Phi) is 3.96. The molecule has 0 fully saturated rings. The van der Waals surface area contributed by atoms with Crippen LogP contribution in [-0.2, 0) is 0 Å². The van der Waals surface area contributed by atoms with Crippen LogP contribution >= 0.6 is 11.6 Å². The minimum absolute atomic E-state index is 0.357. The fourth-order valence-corrected chi connectivity index (χ4v) is 1.97. The quantitative estimate of drug-likeness (QED) is 0.653. The Morgan fingerprint density at radius 3 is 1.85 bits per heavy atom. The highest BCUT2D eigenvalue weighted by molar-refractivity contribution is 6.31. The van der Waals surface area contributed by atoms with Crippen molar-refractivity contribution in [1.82, 2.24) is 0 Å². The van der Waals surface area contributed by atoms with Gasteiger partial charge in [-0.1, -0.05) is 11.6 Å². The minimum Gasteiger partial charge on any atom is -0.383 e. The van der Waals surface area contributed by atoms with Crippen molar-refractivity contribution in [3.63, 3.8) is 0 Å². The molecule has 0 saturated heterocycles. The summed E-state index contributed by atoms with van der Waals surface area (Å²) >= 11 is 5.60. The van der Waals surface area contributed by atoms with Gasteiger partial charge < -0.3 is 5.11 Å². The van der Waals surface area contributed by atoms with E-state index in [1.54, 1.807) is 0 Å². The first-order valence-electron chi connectivity index (χ1n) is 5.28. The van der Waals surface area contributed by atoms with Gasteiger partial charge in [-0.2, -0.15) is 0 Å². The standard InChI is InChI=1S/C13H6ClF5O/c14-7-4-9(17)8(16)3-6(7)13(20)12-10(18)1-5(15)2-11(12)19/h1-4,13,20H. The van der Waals surface area contributed by atoms with Crippen LogP contribution in [0.4, 0.5) is 22.0 Å². The Morgan fingerprint density at radius 1 is 0.800 bits per heavy atom. The van der Waals surface area contributed by atoms with Crippen LogP contribution < -0.4 is 0 Å². The summed E-state index contributed by atoms with van der Waals surface area (Å²) in [6.45, 7) is 0.